The summed E-state index contributed by atoms with van der Waals surface area (Å²) in [4.78, 5) is 16.8. The first-order chi connectivity index (χ1) is 17.3. The minimum atomic E-state index is -3.65. The molecule has 2 unspecified atom stereocenters. The van der Waals surface area contributed by atoms with Gasteiger partial charge in [0.15, 0.2) is 0 Å². The van der Waals surface area contributed by atoms with Gasteiger partial charge in [0.05, 0.1) is 10.5 Å². The number of hydrogen-bond acceptors (Lipinski definition) is 6. The van der Waals surface area contributed by atoms with Crippen LogP contribution in [-0.2, 0) is 23.0 Å². The van der Waals surface area contributed by atoms with Crippen molar-refractivity contribution in [3.63, 3.8) is 0 Å². The lowest BCUT2D eigenvalue weighted by atomic mass is 9.65. The number of nitrogens with one attached hydrogen (secondary N) is 1. The van der Waals surface area contributed by atoms with Crippen molar-refractivity contribution in [2.75, 3.05) is 18.4 Å². The number of benzene rings is 1. The van der Waals surface area contributed by atoms with Crippen LogP contribution in [0.2, 0.25) is 0 Å². The molecule has 198 valence electrons. The molecule has 0 radical (unpaired) electrons. The molecule has 1 saturated carbocycles. The molecule has 2 bridgehead atoms. The standard InChI is InChI=1S/C28H36N4O3S2/c1-18(2)31-11-10-22-23(14-29)26(36-24(22)15-31)30-25(33)19-6-8-21(9-7-19)37(34,35)32-17-28(5)13-20(32)12-27(3,4)16-28/h6-9,18,20H,10-13,15-17H2,1-5H3,(H,30,33). The lowest BCUT2D eigenvalue weighted by Crippen LogP contribution is -2.37. The minimum absolute atomic E-state index is 0.00380. The average molecular weight is 541 g/mol. The van der Waals surface area contributed by atoms with E-state index >= 15 is 0 Å². The Kier molecular flexibility index (Phi) is 6.55. The van der Waals surface area contributed by atoms with E-state index in [4.69, 9.17) is 0 Å². The second-order valence-electron chi connectivity index (χ2n) is 12.4. The zero-order chi connectivity index (χ0) is 26.8. The van der Waals surface area contributed by atoms with E-state index in [1.807, 2.05) is 0 Å². The van der Waals surface area contributed by atoms with Gasteiger partial charge >= 0.3 is 0 Å². The summed E-state index contributed by atoms with van der Waals surface area (Å²) in [6.45, 7) is 13.2. The van der Waals surface area contributed by atoms with Gasteiger partial charge in [-0.1, -0.05) is 20.8 Å². The first kappa shape index (κ1) is 26.4. The highest BCUT2D eigenvalue weighted by Crippen LogP contribution is 2.53. The third-order valence-electron chi connectivity index (χ3n) is 8.25. The molecule has 5 rings (SSSR count). The summed E-state index contributed by atoms with van der Waals surface area (Å²) in [7, 11) is -3.65. The number of sulfonamides is 1. The topological polar surface area (TPSA) is 93.5 Å². The van der Waals surface area contributed by atoms with Gasteiger partial charge in [0.2, 0.25) is 10.0 Å². The molecular formula is C28H36N4O3S2. The van der Waals surface area contributed by atoms with E-state index in [0.29, 0.717) is 28.7 Å². The van der Waals surface area contributed by atoms with Gasteiger partial charge in [0.25, 0.3) is 5.91 Å². The molecule has 9 heteroatoms. The average Bonchev–Trinajstić information content (AvgIpc) is 3.30. The van der Waals surface area contributed by atoms with Gasteiger partial charge in [0.1, 0.15) is 11.1 Å². The Bertz CT molecular complexity index is 1370. The van der Waals surface area contributed by atoms with Gasteiger partial charge in [-0.15, -0.1) is 11.3 Å². The van der Waals surface area contributed by atoms with Gasteiger partial charge < -0.3 is 5.32 Å². The molecule has 2 fully saturated rings. The SMILES string of the molecule is CC(C)N1CCc2c(sc(NC(=O)c3ccc(S(=O)(=O)N4CC5(C)CC4CC(C)(C)C5)cc3)c2C#N)C1. The number of carbonyl (C=O) groups excluding carboxylic acids is 1. The van der Waals surface area contributed by atoms with Crippen LogP contribution in [0, 0.1) is 22.2 Å². The molecule has 7 nitrogen and oxygen atoms in total. The van der Waals surface area contributed by atoms with Gasteiger partial charge in [0, 0.05) is 42.2 Å². The van der Waals surface area contributed by atoms with Gasteiger partial charge in [-0.25, -0.2) is 8.42 Å². The zero-order valence-corrected chi connectivity index (χ0v) is 23.9. The van der Waals surface area contributed by atoms with Crippen LogP contribution in [-0.4, -0.2) is 48.7 Å². The maximum Gasteiger partial charge on any atom is 0.256 e. The van der Waals surface area contributed by atoms with E-state index in [1.165, 1.54) is 23.5 Å². The molecule has 1 N–H and O–H groups in total. The first-order valence-electron chi connectivity index (χ1n) is 13.0. The van der Waals surface area contributed by atoms with Crippen LogP contribution in [0.4, 0.5) is 5.00 Å². The molecule has 2 atom stereocenters. The number of hydrogen-bond donors (Lipinski definition) is 1. The molecule has 1 amide bonds. The molecule has 1 aliphatic carbocycles. The summed E-state index contributed by atoms with van der Waals surface area (Å²) in [5.74, 6) is -0.342. The molecule has 0 spiro atoms. The highest BCUT2D eigenvalue weighted by Gasteiger charge is 2.53. The zero-order valence-electron chi connectivity index (χ0n) is 22.3. The molecule has 2 aliphatic heterocycles. The Morgan fingerprint density at radius 1 is 1.19 bits per heavy atom. The van der Waals surface area contributed by atoms with Crippen molar-refractivity contribution in [3.05, 3.63) is 45.8 Å². The third kappa shape index (κ3) is 4.85. The Hall–Kier alpha value is -2.25. The van der Waals surface area contributed by atoms with E-state index in [9.17, 15) is 18.5 Å². The van der Waals surface area contributed by atoms with Crippen molar-refractivity contribution >= 4 is 32.3 Å². The number of carbonyl (C=O) groups is 1. The van der Waals surface area contributed by atoms with Crippen molar-refractivity contribution in [3.8, 4) is 6.07 Å². The van der Waals surface area contributed by atoms with Gasteiger partial charge in [-0.05, 0) is 80.2 Å². The summed E-state index contributed by atoms with van der Waals surface area (Å²) in [6.07, 6.45) is 3.58. The number of thiophene rings is 1. The first-order valence-corrected chi connectivity index (χ1v) is 15.3. The van der Waals surface area contributed by atoms with E-state index < -0.39 is 10.0 Å². The Morgan fingerprint density at radius 2 is 1.89 bits per heavy atom. The minimum Gasteiger partial charge on any atom is -0.312 e. The number of rotatable bonds is 5. The molecule has 1 aromatic heterocycles. The number of fused-ring (bicyclic) bond motifs is 3. The monoisotopic (exact) mass is 540 g/mol. The van der Waals surface area contributed by atoms with Crippen molar-refractivity contribution in [1.82, 2.24) is 9.21 Å². The quantitative estimate of drug-likeness (QED) is 0.561. The largest absolute Gasteiger partial charge is 0.312 e. The fraction of sp³-hybridized carbons (Fsp3) is 0.571. The molecule has 3 aliphatic rings. The number of nitriles is 1. The molecular weight excluding hydrogens is 504 g/mol. The summed E-state index contributed by atoms with van der Waals surface area (Å²) in [6, 6.07) is 8.92. The third-order valence-corrected chi connectivity index (χ3v) is 11.3. The predicted octanol–water partition coefficient (Wildman–Crippen LogP) is 5.23. The van der Waals surface area contributed by atoms with Crippen molar-refractivity contribution in [2.45, 2.75) is 83.8 Å². The lowest BCUT2D eigenvalue weighted by Gasteiger charge is -2.39. The van der Waals surface area contributed by atoms with E-state index in [2.05, 4.69) is 50.9 Å². The van der Waals surface area contributed by atoms with Gasteiger partial charge in [-0.3, -0.25) is 9.69 Å². The summed E-state index contributed by atoms with van der Waals surface area (Å²) in [5, 5.41) is 13.3. The highest BCUT2D eigenvalue weighted by molar-refractivity contribution is 7.89. The van der Waals surface area contributed by atoms with Crippen LogP contribution < -0.4 is 5.32 Å². The van der Waals surface area contributed by atoms with E-state index in [0.717, 1.165) is 49.2 Å². The summed E-state index contributed by atoms with van der Waals surface area (Å²) < 4.78 is 28.8. The molecule has 3 heterocycles. The van der Waals surface area contributed by atoms with Crippen LogP contribution in [0.5, 0.6) is 0 Å². The summed E-state index contributed by atoms with van der Waals surface area (Å²) in [5.41, 5.74) is 2.08. The van der Waals surface area contributed by atoms with Crippen molar-refractivity contribution in [2.24, 2.45) is 10.8 Å². The fourth-order valence-electron chi connectivity index (χ4n) is 6.85. The number of nitrogens with zero attached hydrogens (tertiary/aromatic N) is 3. The molecule has 1 aromatic carbocycles. The predicted molar refractivity (Wildman–Crippen MR) is 146 cm³/mol. The molecule has 1 saturated heterocycles. The second-order valence-corrected chi connectivity index (χ2v) is 15.4. The molecule has 2 aromatic rings. The number of amides is 1. The smallest absolute Gasteiger partial charge is 0.256 e. The number of anilines is 1. The molecule has 37 heavy (non-hydrogen) atoms. The Morgan fingerprint density at radius 3 is 2.54 bits per heavy atom. The van der Waals surface area contributed by atoms with Crippen molar-refractivity contribution < 1.29 is 13.2 Å². The van der Waals surface area contributed by atoms with E-state index in [-0.39, 0.29) is 27.7 Å². The van der Waals surface area contributed by atoms with E-state index in [1.54, 1.807) is 16.4 Å². The maximum atomic E-state index is 13.6. The van der Waals surface area contributed by atoms with Crippen LogP contribution in [0.3, 0.4) is 0 Å². The fourth-order valence-corrected chi connectivity index (χ4v) is 9.84. The Balaban J connectivity index is 1.33. The maximum absolute atomic E-state index is 13.6. The van der Waals surface area contributed by atoms with Crippen LogP contribution >= 0.6 is 11.3 Å². The second kappa shape index (κ2) is 9.19. The van der Waals surface area contributed by atoms with Crippen LogP contribution in [0.1, 0.15) is 80.2 Å². The Labute approximate surface area is 224 Å². The lowest BCUT2D eigenvalue weighted by molar-refractivity contribution is 0.102. The van der Waals surface area contributed by atoms with Crippen LogP contribution in [0.25, 0.3) is 0 Å². The van der Waals surface area contributed by atoms with Gasteiger partial charge in [-0.2, -0.15) is 9.57 Å². The highest BCUT2D eigenvalue weighted by atomic mass is 32.2. The van der Waals surface area contributed by atoms with Crippen molar-refractivity contribution in [1.29, 1.82) is 5.26 Å². The van der Waals surface area contributed by atoms with Crippen LogP contribution in [0.15, 0.2) is 29.2 Å². The normalized spacial score (nSPS) is 25.6. The summed E-state index contributed by atoms with van der Waals surface area (Å²) >= 11 is 1.46.